The van der Waals surface area contributed by atoms with Crippen molar-refractivity contribution in [3.05, 3.63) is 46.6 Å². The van der Waals surface area contributed by atoms with Gasteiger partial charge in [0, 0.05) is 23.3 Å². The largest absolute Gasteiger partial charge is 0.332 e. The van der Waals surface area contributed by atoms with Gasteiger partial charge in [-0.25, -0.2) is 4.79 Å². The summed E-state index contributed by atoms with van der Waals surface area (Å²) in [5.41, 5.74) is 1.81. The maximum absolute atomic E-state index is 12.4. The van der Waals surface area contributed by atoms with Crippen molar-refractivity contribution >= 4 is 12.6 Å². The van der Waals surface area contributed by atoms with Crippen LogP contribution in [-0.4, -0.2) is 9.13 Å². The number of para-hydroxylation sites is 1. The van der Waals surface area contributed by atoms with E-state index in [1.54, 1.807) is 4.57 Å². The van der Waals surface area contributed by atoms with Crippen molar-refractivity contribution in [2.45, 2.75) is 32.2 Å². The number of aryl methyl sites for hydroxylation is 1. The van der Waals surface area contributed by atoms with E-state index in [0.29, 0.717) is 5.92 Å². The van der Waals surface area contributed by atoms with Gasteiger partial charge in [-0.1, -0.05) is 26.0 Å². The maximum Gasteiger partial charge on any atom is 0.332 e. The number of benzene rings is 1. The molecular formula is C14H18N2OS. The van der Waals surface area contributed by atoms with Crippen LogP contribution in [0.2, 0.25) is 0 Å². The SMILES string of the molecule is Cc1cn(-c2ccccc2S)c(=O)n1CC(C)C. The minimum absolute atomic E-state index is 0.00250. The molecule has 3 nitrogen and oxygen atoms in total. The van der Waals surface area contributed by atoms with Gasteiger partial charge in [0.1, 0.15) is 0 Å². The Balaban J connectivity index is 2.55. The Morgan fingerprint density at radius 2 is 1.94 bits per heavy atom. The molecule has 1 aromatic carbocycles. The molecule has 0 bridgehead atoms. The summed E-state index contributed by atoms with van der Waals surface area (Å²) in [7, 11) is 0. The second-order valence-electron chi connectivity index (χ2n) is 4.92. The van der Waals surface area contributed by atoms with Crippen molar-refractivity contribution < 1.29 is 0 Å². The van der Waals surface area contributed by atoms with E-state index in [4.69, 9.17) is 0 Å². The van der Waals surface area contributed by atoms with Crippen LogP contribution in [0, 0.1) is 12.8 Å². The molecular weight excluding hydrogens is 244 g/mol. The highest BCUT2D eigenvalue weighted by atomic mass is 32.1. The van der Waals surface area contributed by atoms with Gasteiger partial charge in [-0.15, -0.1) is 12.6 Å². The van der Waals surface area contributed by atoms with Crippen LogP contribution >= 0.6 is 12.6 Å². The van der Waals surface area contributed by atoms with Crippen molar-refractivity contribution in [1.29, 1.82) is 0 Å². The molecule has 0 aliphatic heterocycles. The first-order valence-electron chi connectivity index (χ1n) is 6.08. The fourth-order valence-corrected chi connectivity index (χ4v) is 2.29. The predicted molar refractivity (Wildman–Crippen MR) is 76.9 cm³/mol. The Morgan fingerprint density at radius 3 is 2.56 bits per heavy atom. The number of rotatable bonds is 3. The van der Waals surface area contributed by atoms with Crippen molar-refractivity contribution in [2.24, 2.45) is 5.92 Å². The van der Waals surface area contributed by atoms with Gasteiger partial charge < -0.3 is 0 Å². The minimum Gasteiger partial charge on any atom is -0.296 e. The molecule has 18 heavy (non-hydrogen) atoms. The van der Waals surface area contributed by atoms with E-state index >= 15 is 0 Å². The number of thiol groups is 1. The number of aromatic nitrogens is 2. The molecule has 0 N–H and O–H groups in total. The summed E-state index contributed by atoms with van der Waals surface area (Å²) in [6.07, 6.45) is 1.87. The number of hydrogen-bond donors (Lipinski definition) is 1. The van der Waals surface area contributed by atoms with Crippen molar-refractivity contribution in [1.82, 2.24) is 9.13 Å². The third-order valence-electron chi connectivity index (χ3n) is 2.87. The molecule has 0 atom stereocenters. The highest BCUT2D eigenvalue weighted by Crippen LogP contribution is 2.17. The van der Waals surface area contributed by atoms with E-state index in [1.165, 1.54) is 0 Å². The van der Waals surface area contributed by atoms with Crippen LogP contribution < -0.4 is 5.69 Å². The molecule has 1 heterocycles. The van der Waals surface area contributed by atoms with E-state index in [-0.39, 0.29) is 5.69 Å². The molecule has 4 heteroatoms. The molecule has 2 aromatic rings. The molecule has 0 amide bonds. The van der Waals surface area contributed by atoms with Gasteiger partial charge in [0.15, 0.2) is 0 Å². The summed E-state index contributed by atoms with van der Waals surface area (Å²) >= 11 is 4.40. The zero-order chi connectivity index (χ0) is 13.3. The fraction of sp³-hybridized carbons (Fsp3) is 0.357. The van der Waals surface area contributed by atoms with Gasteiger partial charge in [-0.3, -0.25) is 9.13 Å². The summed E-state index contributed by atoms with van der Waals surface area (Å²) < 4.78 is 3.48. The second-order valence-corrected chi connectivity index (χ2v) is 5.40. The van der Waals surface area contributed by atoms with E-state index in [2.05, 4.69) is 26.5 Å². The first-order chi connectivity index (χ1) is 8.50. The van der Waals surface area contributed by atoms with Gasteiger partial charge in [0.25, 0.3) is 0 Å². The quantitative estimate of drug-likeness (QED) is 0.846. The first kappa shape index (κ1) is 13.0. The van der Waals surface area contributed by atoms with Crippen molar-refractivity contribution in [2.75, 3.05) is 0 Å². The molecule has 0 aliphatic rings. The first-order valence-corrected chi connectivity index (χ1v) is 6.52. The van der Waals surface area contributed by atoms with Crippen molar-refractivity contribution in [3.63, 3.8) is 0 Å². The normalized spacial score (nSPS) is 11.2. The van der Waals surface area contributed by atoms with E-state index < -0.39 is 0 Å². The van der Waals surface area contributed by atoms with E-state index in [0.717, 1.165) is 22.8 Å². The molecule has 0 saturated carbocycles. The van der Waals surface area contributed by atoms with Crippen LogP contribution in [0.15, 0.2) is 40.2 Å². The summed E-state index contributed by atoms with van der Waals surface area (Å²) in [6.45, 7) is 6.92. The number of imidazole rings is 1. The van der Waals surface area contributed by atoms with Crippen LogP contribution in [0.4, 0.5) is 0 Å². The summed E-state index contributed by atoms with van der Waals surface area (Å²) in [5, 5.41) is 0. The lowest BCUT2D eigenvalue weighted by Crippen LogP contribution is -2.25. The zero-order valence-corrected chi connectivity index (χ0v) is 11.8. The molecule has 1 aromatic heterocycles. The third-order valence-corrected chi connectivity index (χ3v) is 3.25. The van der Waals surface area contributed by atoms with Gasteiger partial charge in [0.05, 0.1) is 5.69 Å². The van der Waals surface area contributed by atoms with E-state index in [1.807, 2.05) is 42.0 Å². The Morgan fingerprint density at radius 1 is 1.28 bits per heavy atom. The second kappa shape index (κ2) is 5.06. The Bertz CT molecular complexity index is 610. The van der Waals surface area contributed by atoms with Gasteiger partial charge in [-0.05, 0) is 25.0 Å². The average molecular weight is 262 g/mol. The molecule has 0 radical (unpaired) electrons. The van der Waals surface area contributed by atoms with Crippen molar-refractivity contribution in [3.8, 4) is 5.69 Å². The Kier molecular flexibility index (Phi) is 3.66. The molecule has 0 unspecified atom stereocenters. The third kappa shape index (κ3) is 2.38. The highest BCUT2D eigenvalue weighted by molar-refractivity contribution is 7.80. The monoisotopic (exact) mass is 262 g/mol. The topological polar surface area (TPSA) is 26.9 Å². The minimum atomic E-state index is 0.00250. The summed E-state index contributed by atoms with van der Waals surface area (Å²) in [6, 6.07) is 7.62. The van der Waals surface area contributed by atoms with Crippen LogP contribution in [0.5, 0.6) is 0 Å². The molecule has 2 rings (SSSR count). The van der Waals surface area contributed by atoms with Crippen LogP contribution in [0.1, 0.15) is 19.5 Å². The summed E-state index contributed by atoms with van der Waals surface area (Å²) in [5.74, 6) is 0.448. The highest BCUT2D eigenvalue weighted by Gasteiger charge is 2.11. The summed E-state index contributed by atoms with van der Waals surface area (Å²) in [4.78, 5) is 13.2. The number of hydrogen-bond acceptors (Lipinski definition) is 2. The Hall–Kier alpha value is -1.42. The maximum atomic E-state index is 12.4. The Labute approximate surface area is 112 Å². The van der Waals surface area contributed by atoms with Gasteiger partial charge in [-0.2, -0.15) is 0 Å². The lowest BCUT2D eigenvalue weighted by molar-refractivity contribution is 0.501. The predicted octanol–water partition coefficient (Wildman–Crippen LogP) is 2.89. The lowest BCUT2D eigenvalue weighted by atomic mass is 10.2. The van der Waals surface area contributed by atoms with Crippen LogP contribution in [0.3, 0.4) is 0 Å². The smallest absolute Gasteiger partial charge is 0.296 e. The van der Waals surface area contributed by atoms with Crippen LogP contribution in [-0.2, 0) is 6.54 Å². The molecule has 0 saturated heterocycles. The van der Waals surface area contributed by atoms with Crippen LogP contribution in [0.25, 0.3) is 5.69 Å². The zero-order valence-electron chi connectivity index (χ0n) is 10.9. The van der Waals surface area contributed by atoms with Gasteiger partial charge in [0.2, 0.25) is 0 Å². The lowest BCUT2D eigenvalue weighted by Gasteiger charge is -2.07. The molecule has 0 fully saturated rings. The molecule has 0 spiro atoms. The molecule has 96 valence electrons. The average Bonchev–Trinajstić information content (AvgIpc) is 2.57. The van der Waals surface area contributed by atoms with E-state index in [9.17, 15) is 4.79 Å². The van der Waals surface area contributed by atoms with Gasteiger partial charge >= 0.3 is 5.69 Å². The fourth-order valence-electron chi connectivity index (χ4n) is 2.02. The molecule has 0 aliphatic carbocycles. The standard InChI is InChI=1S/C14H18N2OS/c1-10(2)8-15-11(3)9-16(14(15)17)12-6-4-5-7-13(12)18/h4-7,9-10,18H,8H2,1-3H3. The number of nitrogens with zero attached hydrogens (tertiary/aromatic N) is 2.